The number of hydrogen-bond donors (Lipinski definition) is 1. The summed E-state index contributed by atoms with van der Waals surface area (Å²) in [7, 11) is 1.61. The third-order valence-corrected chi connectivity index (χ3v) is 3.61. The van der Waals surface area contributed by atoms with E-state index < -0.39 is 11.9 Å². The Morgan fingerprint density at radius 3 is 2.95 bits per heavy atom. The summed E-state index contributed by atoms with van der Waals surface area (Å²) < 4.78 is 15.2. The minimum atomic E-state index is -0.523. The van der Waals surface area contributed by atoms with Crippen molar-refractivity contribution in [1.29, 1.82) is 0 Å². The van der Waals surface area contributed by atoms with Crippen LogP contribution in [0.2, 0.25) is 0 Å². The minimum absolute atomic E-state index is 0.240. The number of halogens is 1. The van der Waals surface area contributed by atoms with Crippen LogP contribution in [0.15, 0.2) is 29.3 Å². The summed E-state index contributed by atoms with van der Waals surface area (Å²) in [6.45, 7) is 1.03. The fourth-order valence-corrected chi connectivity index (χ4v) is 2.45. The predicted octanol–water partition coefficient (Wildman–Crippen LogP) is 0.552. The number of nitrogens with zero attached hydrogens (tertiary/aromatic N) is 4. The summed E-state index contributed by atoms with van der Waals surface area (Å²) in [5.74, 6) is -0.0871. The van der Waals surface area contributed by atoms with Crippen LogP contribution in [-0.2, 0) is 7.05 Å². The van der Waals surface area contributed by atoms with Crippen LogP contribution < -0.4 is 10.5 Å². The normalized spacial score (nSPS) is 18.2. The molecule has 0 aliphatic carbocycles. The van der Waals surface area contributed by atoms with Gasteiger partial charge in [-0.05, 0) is 12.5 Å². The van der Waals surface area contributed by atoms with Gasteiger partial charge in [-0.1, -0.05) is 0 Å². The molecule has 6 nitrogen and oxygen atoms in total. The molecule has 1 N–H and O–H groups in total. The predicted molar refractivity (Wildman–Crippen MR) is 75.5 cm³/mol. The van der Waals surface area contributed by atoms with Crippen LogP contribution >= 0.6 is 0 Å². The van der Waals surface area contributed by atoms with Crippen LogP contribution in [0.4, 0.5) is 10.3 Å². The van der Waals surface area contributed by atoms with Crippen molar-refractivity contribution < 1.29 is 9.50 Å². The Morgan fingerprint density at radius 1 is 1.48 bits per heavy atom. The number of aromatic nitrogens is 3. The van der Waals surface area contributed by atoms with Gasteiger partial charge in [-0.3, -0.25) is 14.3 Å². The van der Waals surface area contributed by atoms with Crippen molar-refractivity contribution in [1.82, 2.24) is 14.5 Å². The van der Waals surface area contributed by atoms with Crippen LogP contribution in [0.1, 0.15) is 6.42 Å². The SMILES string of the molecule is Cn1c(N2CC[C@@H](O)C2)nc(-c2ccncc2F)cc1=O. The zero-order chi connectivity index (χ0) is 15.0. The third kappa shape index (κ3) is 2.52. The van der Waals surface area contributed by atoms with E-state index in [-0.39, 0.29) is 16.8 Å². The van der Waals surface area contributed by atoms with Crippen molar-refractivity contribution in [2.24, 2.45) is 7.05 Å². The average Bonchev–Trinajstić information content (AvgIpc) is 2.89. The van der Waals surface area contributed by atoms with Crippen molar-refractivity contribution in [3.8, 4) is 11.3 Å². The molecule has 0 radical (unpaired) electrons. The van der Waals surface area contributed by atoms with Crippen LogP contribution in [0.3, 0.4) is 0 Å². The summed E-state index contributed by atoms with van der Waals surface area (Å²) >= 11 is 0. The van der Waals surface area contributed by atoms with Crippen molar-refractivity contribution in [2.75, 3.05) is 18.0 Å². The summed E-state index contributed by atoms with van der Waals surface area (Å²) in [5, 5.41) is 9.63. The van der Waals surface area contributed by atoms with E-state index in [0.717, 1.165) is 6.20 Å². The summed E-state index contributed by atoms with van der Waals surface area (Å²) in [4.78, 5) is 22.0. The molecule has 0 saturated carbocycles. The van der Waals surface area contributed by atoms with Crippen LogP contribution in [0.5, 0.6) is 0 Å². The molecule has 1 saturated heterocycles. The Hall–Kier alpha value is -2.28. The highest BCUT2D eigenvalue weighted by atomic mass is 19.1. The molecule has 0 amide bonds. The van der Waals surface area contributed by atoms with Gasteiger partial charge in [0.25, 0.3) is 5.56 Å². The van der Waals surface area contributed by atoms with Gasteiger partial charge in [0.05, 0.1) is 18.0 Å². The second-order valence-electron chi connectivity index (χ2n) is 5.08. The molecule has 0 unspecified atom stereocenters. The second kappa shape index (κ2) is 5.25. The lowest BCUT2D eigenvalue weighted by Crippen LogP contribution is -2.30. The average molecular weight is 290 g/mol. The van der Waals surface area contributed by atoms with Gasteiger partial charge in [0.1, 0.15) is 0 Å². The van der Waals surface area contributed by atoms with E-state index in [1.54, 1.807) is 7.05 Å². The van der Waals surface area contributed by atoms with E-state index in [2.05, 4.69) is 9.97 Å². The first kappa shape index (κ1) is 13.7. The fraction of sp³-hybridized carbons (Fsp3) is 0.357. The standard InChI is InChI=1S/C14H15FN4O2/c1-18-13(21)6-12(10-2-4-16-7-11(10)15)17-14(18)19-5-3-9(20)8-19/h2,4,6-7,9,20H,3,5,8H2,1H3/t9-/m1/s1. The maximum Gasteiger partial charge on any atom is 0.255 e. The van der Waals surface area contributed by atoms with Gasteiger partial charge in [-0.15, -0.1) is 0 Å². The lowest BCUT2D eigenvalue weighted by atomic mass is 10.2. The molecule has 0 bridgehead atoms. The lowest BCUT2D eigenvalue weighted by Gasteiger charge is -2.20. The van der Waals surface area contributed by atoms with Crippen molar-refractivity contribution in [3.63, 3.8) is 0 Å². The van der Waals surface area contributed by atoms with Gasteiger partial charge in [-0.2, -0.15) is 0 Å². The van der Waals surface area contributed by atoms with Crippen LogP contribution in [-0.4, -0.2) is 38.8 Å². The molecule has 2 aromatic rings. The van der Waals surface area contributed by atoms with E-state index in [4.69, 9.17) is 0 Å². The number of β-amino-alcohol motifs (C(OH)–C–C–N with tert-alkyl or cyclic N) is 1. The van der Waals surface area contributed by atoms with Gasteiger partial charge in [-0.25, -0.2) is 9.37 Å². The Morgan fingerprint density at radius 2 is 2.29 bits per heavy atom. The summed E-state index contributed by atoms with van der Waals surface area (Å²) in [5.41, 5.74) is 0.241. The minimum Gasteiger partial charge on any atom is -0.391 e. The summed E-state index contributed by atoms with van der Waals surface area (Å²) in [6, 6.07) is 2.79. The molecule has 2 aromatic heterocycles. The monoisotopic (exact) mass is 290 g/mol. The van der Waals surface area contributed by atoms with Crippen LogP contribution in [0.25, 0.3) is 11.3 Å². The molecule has 1 aliphatic rings. The van der Waals surface area contributed by atoms with E-state index >= 15 is 0 Å². The Bertz CT molecular complexity index is 731. The zero-order valence-corrected chi connectivity index (χ0v) is 11.5. The number of rotatable bonds is 2. The molecule has 1 atom stereocenters. The zero-order valence-electron chi connectivity index (χ0n) is 11.5. The van der Waals surface area contributed by atoms with Gasteiger partial charge in [0, 0.05) is 38.0 Å². The lowest BCUT2D eigenvalue weighted by molar-refractivity contribution is 0.198. The number of aliphatic hydroxyl groups excluding tert-OH is 1. The van der Waals surface area contributed by atoms with Crippen LogP contribution in [0, 0.1) is 5.82 Å². The van der Waals surface area contributed by atoms with E-state index in [1.165, 1.54) is 22.9 Å². The van der Waals surface area contributed by atoms with E-state index in [0.29, 0.717) is 25.5 Å². The molecular formula is C14H15FN4O2. The molecule has 1 fully saturated rings. The van der Waals surface area contributed by atoms with Gasteiger partial charge < -0.3 is 10.0 Å². The number of anilines is 1. The Kier molecular flexibility index (Phi) is 3.42. The maximum absolute atomic E-state index is 13.8. The Labute approximate surface area is 120 Å². The Balaban J connectivity index is 2.10. The molecule has 0 spiro atoms. The first-order valence-electron chi connectivity index (χ1n) is 6.67. The molecule has 21 heavy (non-hydrogen) atoms. The topological polar surface area (TPSA) is 71.2 Å². The highest BCUT2D eigenvalue weighted by Gasteiger charge is 2.24. The van der Waals surface area contributed by atoms with E-state index in [9.17, 15) is 14.3 Å². The first-order chi connectivity index (χ1) is 10.1. The maximum atomic E-state index is 13.8. The number of aliphatic hydroxyl groups is 1. The highest BCUT2D eigenvalue weighted by molar-refractivity contribution is 5.60. The molecule has 3 heterocycles. The molecule has 7 heteroatoms. The molecule has 0 aromatic carbocycles. The smallest absolute Gasteiger partial charge is 0.255 e. The largest absolute Gasteiger partial charge is 0.391 e. The van der Waals surface area contributed by atoms with Gasteiger partial charge in [0.2, 0.25) is 5.95 Å². The number of hydrogen-bond acceptors (Lipinski definition) is 5. The molecular weight excluding hydrogens is 275 g/mol. The molecule has 110 valence electrons. The van der Waals surface area contributed by atoms with Gasteiger partial charge in [0.15, 0.2) is 5.82 Å². The van der Waals surface area contributed by atoms with E-state index in [1.807, 2.05) is 4.90 Å². The molecule has 1 aliphatic heterocycles. The van der Waals surface area contributed by atoms with Crippen molar-refractivity contribution in [3.05, 3.63) is 40.7 Å². The number of pyridine rings is 1. The second-order valence-corrected chi connectivity index (χ2v) is 5.08. The van der Waals surface area contributed by atoms with Crippen molar-refractivity contribution >= 4 is 5.95 Å². The first-order valence-corrected chi connectivity index (χ1v) is 6.67. The van der Waals surface area contributed by atoms with Gasteiger partial charge >= 0.3 is 0 Å². The summed E-state index contributed by atoms with van der Waals surface area (Å²) in [6.07, 6.45) is 2.75. The fourth-order valence-electron chi connectivity index (χ4n) is 2.45. The molecule has 3 rings (SSSR count). The third-order valence-electron chi connectivity index (χ3n) is 3.61. The quantitative estimate of drug-likeness (QED) is 0.874. The highest BCUT2D eigenvalue weighted by Crippen LogP contribution is 2.22. The van der Waals surface area contributed by atoms with Crippen molar-refractivity contribution in [2.45, 2.75) is 12.5 Å².